The molecule has 14 heteroatoms. The van der Waals surface area contributed by atoms with Gasteiger partial charge in [0.15, 0.2) is 0 Å². The van der Waals surface area contributed by atoms with Crippen LogP contribution in [0.5, 0.6) is 0 Å². The van der Waals surface area contributed by atoms with Gasteiger partial charge in [-0.3, -0.25) is 29.2 Å². The minimum absolute atomic E-state index is 0.0617. The standard InChI is InChI=1S/C10H14N2O11S/c13-7(14)3-11(4-8(15)16)1-2-12-5-9(17)20-22-24(19)23-21-10(18)6-12/h1-6H2,(H,13,14)(H,15,16). The molecule has 24 heavy (non-hydrogen) atoms. The lowest BCUT2D eigenvalue weighted by Gasteiger charge is -2.24. The van der Waals surface area contributed by atoms with E-state index in [-0.39, 0.29) is 13.1 Å². The fourth-order valence-corrected chi connectivity index (χ4v) is 1.94. The number of carboxylic acids is 2. The molecule has 0 bridgehead atoms. The normalized spacial score (nSPS) is 18.0. The van der Waals surface area contributed by atoms with Crippen LogP contribution in [0.4, 0.5) is 0 Å². The fourth-order valence-electron chi connectivity index (χ4n) is 1.65. The first-order chi connectivity index (χ1) is 11.3. The number of hydrogen-bond acceptors (Lipinski definition) is 11. The van der Waals surface area contributed by atoms with E-state index in [0.717, 1.165) is 4.90 Å². The number of aliphatic carboxylic acids is 2. The molecule has 2 N–H and O–H groups in total. The van der Waals surface area contributed by atoms with Crippen molar-refractivity contribution in [3.05, 3.63) is 0 Å². The third kappa shape index (κ3) is 8.49. The summed E-state index contributed by atoms with van der Waals surface area (Å²) < 4.78 is 18.9. The van der Waals surface area contributed by atoms with Gasteiger partial charge in [0, 0.05) is 13.1 Å². The lowest BCUT2D eigenvalue weighted by atomic mass is 10.4. The molecule has 1 aliphatic rings. The van der Waals surface area contributed by atoms with Crippen molar-refractivity contribution in [1.82, 2.24) is 9.80 Å². The van der Waals surface area contributed by atoms with Gasteiger partial charge in [-0.05, 0) is 8.67 Å². The van der Waals surface area contributed by atoms with E-state index in [2.05, 4.69) is 18.4 Å². The Labute approximate surface area is 137 Å². The zero-order valence-corrected chi connectivity index (χ0v) is 12.9. The van der Waals surface area contributed by atoms with E-state index in [4.69, 9.17) is 10.2 Å². The summed E-state index contributed by atoms with van der Waals surface area (Å²) in [5, 5.41) is 17.5. The number of hydrogen-bond donors (Lipinski definition) is 2. The van der Waals surface area contributed by atoms with Gasteiger partial charge >= 0.3 is 35.2 Å². The van der Waals surface area contributed by atoms with E-state index in [1.54, 1.807) is 0 Å². The Morgan fingerprint density at radius 2 is 1.50 bits per heavy atom. The van der Waals surface area contributed by atoms with Crippen molar-refractivity contribution in [2.24, 2.45) is 0 Å². The van der Waals surface area contributed by atoms with E-state index in [1.165, 1.54) is 4.90 Å². The smallest absolute Gasteiger partial charge is 0.381 e. The predicted octanol–water partition coefficient (Wildman–Crippen LogP) is -2.70. The fraction of sp³-hybridized carbons (Fsp3) is 0.600. The van der Waals surface area contributed by atoms with Crippen molar-refractivity contribution < 1.29 is 52.0 Å². The minimum Gasteiger partial charge on any atom is -0.480 e. The third-order valence-electron chi connectivity index (χ3n) is 2.52. The minimum atomic E-state index is -2.61. The summed E-state index contributed by atoms with van der Waals surface area (Å²) in [6.45, 7) is -2.16. The van der Waals surface area contributed by atoms with Crippen molar-refractivity contribution in [2.45, 2.75) is 0 Å². The first kappa shape index (κ1) is 19.9. The number of rotatable bonds is 7. The first-order valence-corrected chi connectivity index (χ1v) is 7.32. The van der Waals surface area contributed by atoms with Crippen LogP contribution in [0.1, 0.15) is 0 Å². The maximum absolute atomic E-state index is 11.4. The molecule has 0 unspecified atom stereocenters. The van der Waals surface area contributed by atoms with Gasteiger partial charge in [0.05, 0.1) is 13.1 Å². The molecule has 0 aliphatic carbocycles. The molecule has 0 aromatic heterocycles. The molecule has 0 radical (unpaired) electrons. The largest absolute Gasteiger partial charge is 0.480 e. The van der Waals surface area contributed by atoms with Gasteiger partial charge in [0.1, 0.15) is 13.1 Å². The van der Waals surface area contributed by atoms with E-state index in [9.17, 15) is 23.4 Å². The second kappa shape index (κ2) is 9.89. The molecule has 13 nitrogen and oxygen atoms in total. The second-order valence-electron chi connectivity index (χ2n) is 4.46. The molecule has 0 aromatic rings. The highest BCUT2D eigenvalue weighted by Gasteiger charge is 2.23. The Morgan fingerprint density at radius 3 is 1.92 bits per heavy atom. The summed E-state index contributed by atoms with van der Waals surface area (Å²) in [7, 11) is 0. The van der Waals surface area contributed by atoms with Crippen LogP contribution < -0.4 is 0 Å². The average Bonchev–Trinajstić information content (AvgIpc) is 2.46. The summed E-state index contributed by atoms with van der Waals surface area (Å²) >= 11 is -2.61. The number of nitrogens with zero attached hydrogens (tertiary/aromatic N) is 2. The maximum atomic E-state index is 11.4. The molecule has 1 rings (SSSR count). The van der Waals surface area contributed by atoms with Gasteiger partial charge in [-0.2, -0.15) is 4.21 Å². The number of carbonyl (C=O) groups excluding carboxylic acids is 2. The zero-order chi connectivity index (χ0) is 18.1. The first-order valence-electron chi connectivity index (χ1n) is 6.32. The SMILES string of the molecule is O=C(O)CN(CCN1CC(=O)OOS(=O)OOC(=O)C1)CC(=O)O. The Hall–Kier alpha value is -2.13. The van der Waals surface area contributed by atoms with Crippen LogP contribution in [0.15, 0.2) is 0 Å². The van der Waals surface area contributed by atoms with Crippen molar-refractivity contribution in [1.29, 1.82) is 0 Å². The van der Waals surface area contributed by atoms with Gasteiger partial charge in [-0.1, -0.05) is 0 Å². The number of carbonyl (C=O) groups is 4. The Kier molecular flexibility index (Phi) is 8.20. The zero-order valence-electron chi connectivity index (χ0n) is 12.1. The molecule has 1 fully saturated rings. The van der Waals surface area contributed by atoms with Gasteiger partial charge < -0.3 is 10.2 Å². The van der Waals surface area contributed by atoms with Gasteiger partial charge in [0.2, 0.25) is 0 Å². The van der Waals surface area contributed by atoms with Crippen LogP contribution in [0, 0.1) is 0 Å². The monoisotopic (exact) mass is 370 g/mol. The molecule has 1 heterocycles. The summed E-state index contributed by atoms with van der Waals surface area (Å²) in [6, 6.07) is 0. The van der Waals surface area contributed by atoms with Crippen LogP contribution in [-0.2, 0) is 49.0 Å². The Balaban J connectivity index is 2.64. The van der Waals surface area contributed by atoms with E-state index in [1.807, 2.05) is 0 Å². The lowest BCUT2D eigenvalue weighted by molar-refractivity contribution is -0.244. The van der Waals surface area contributed by atoms with Crippen LogP contribution in [0.25, 0.3) is 0 Å². The Morgan fingerprint density at radius 1 is 1.04 bits per heavy atom. The third-order valence-corrected chi connectivity index (χ3v) is 2.88. The van der Waals surface area contributed by atoms with Crippen LogP contribution in [-0.4, -0.2) is 87.4 Å². The molecule has 1 saturated heterocycles. The van der Waals surface area contributed by atoms with Crippen LogP contribution in [0.3, 0.4) is 0 Å². The molecule has 136 valence electrons. The van der Waals surface area contributed by atoms with Crippen molar-refractivity contribution in [3.63, 3.8) is 0 Å². The molecule has 0 spiro atoms. The average molecular weight is 370 g/mol. The highest BCUT2D eigenvalue weighted by Crippen LogP contribution is 2.01. The summed E-state index contributed by atoms with van der Waals surface area (Å²) in [5.41, 5.74) is 0. The van der Waals surface area contributed by atoms with E-state index < -0.39 is 61.4 Å². The molecule has 1 aliphatic heterocycles. The van der Waals surface area contributed by atoms with Gasteiger partial charge in [-0.15, -0.1) is 0 Å². The van der Waals surface area contributed by atoms with Crippen LogP contribution in [0.2, 0.25) is 0 Å². The highest BCUT2D eigenvalue weighted by molar-refractivity contribution is 7.74. The molecule has 0 aromatic carbocycles. The summed E-state index contributed by atoms with van der Waals surface area (Å²) in [6.07, 6.45) is 0. The van der Waals surface area contributed by atoms with Crippen LogP contribution >= 0.6 is 0 Å². The summed E-state index contributed by atoms with van der Waals surface area (Å²) in [5.74, 6) is -4.46. The van der Waals surface area contributed by atoms with E-state index >= 15 is 0 Å². The van der Waals surface area contributed by atoms with Gasteiger partial charge in [0.25, 0.3) is 0 Å². The molecular formula is C10H14N2O11S. The molecule has 0 saturated carbocycles. The van der Waals surface area contributed by atoms with E-state index in [0.29, 0.717) is 0 Å². The second-order valence-corrected chi connectivity index (χ2v) is 5.14. The van der Waals surface area contributed by atoms with Crippen molar-refractivity contribution >= 4 is 35.2 Å². The quantitative estimate of drug-likeness (QED) is 0.444. The van der Waals surface area contributed by atoms with Crippen molar-refractivity contribution in [2.75, 3.05) is 39.3 Å². The van der Waals surface area contributed by atoms with Gasteiger partial charge in [-0.25, -0.2) is 9.59 Å². The predicted molar refractivity (Wildman–Crippen MR) is 70.6 cm³/mol. The molecular weight excluding hydrogens is 356 g/mol. The summed E-state index contributed by atoms with van der Waals surface area (Å²) in [4.78, 5) is 54.8. The molecule has 0 amide bonds. The highest BCUT2D eigenvalue weighted by atomic mass is 32.2. The number of carboxylic acid groups (broad SMARTS) is 2. The molecule has 0 atom stereocenters. The topological polar surface area (TPSA) is 169 Å². The Bertz CT molecular complexity index is 485. The lowest BCUT2D eigenvalue weighted by Crippen LogP contribution is -2.44. The van der Waals surface area contributed by atoms with Crippen molar-refractivity contribution in [3.8, 4) is 0 Å². The maximum Gasteiger partial charge on any atom is 0.381 e.